The maximum atomic E-state index is 13.1. The molecule has 29 heavy (non-hydrogen) atoms. The lowest BCUT2D eigenvalue weighted by Crippen LogP contribution is -2.43. The molecule has 2 aromatic rings. The SMILES string of the molecule is O=C(NCCSCc1c(Cl)cccc1Cl)C1CCCN(Cc2ccc(F)cc2)C1. The number of nitrogens with one attached hydrogen (secondary N) is 1. The van der Waals surface area contributed by atoms with Crippen LogP contribution in [0.4, 0.5) is 4.39 Å². The first-order chi connectivity index (χ1) is 14.0. The molecular weight excluding hydrogens is 430 g/mol. The van der Waals surface area contributed by atoms with E-state index in [1.54, 1.807) is 11.8 Å². The summed E-state index contributed by atoms with van der Waals surface area (Å²) < 4.78 is 13.1. The highest BCUT2D eigenvalue weighted by atomic mass is 35.5. The Morgan fingerprint density at radius 1 is 1.17 bits per heavy atom. The molecule has 1 unspecified atom stereocenters. The number of carbonyl (C=O) groups is 1. The van der Waals surface area contributed by atoms with E-state index in [4.69, 9.17) is 23.2 Å². The van der Waals surface area contributed by atoms with E-state index in [1.165, 1.54) is 12.1 Å². The standard InChI is InChI=1S/C22H25Cl2FN2OS/c23-20-4-1-5-21(24)19(20)15-29-12-10-26-22(28)17-3-2-11-27(14-17)13-16-6-8-18(25)9-7-16/h1,4-9,17H,2-3,10-15H2,(H,26,28). The molecule has 1 atom stereocenters. The van der Waals surface area contributed by atoms with Crippen LogP contribution >= 0.6 is 35.0 Å². The number of hydrogen-bond donors (Lipinski definition) is 1. The van der Waals surface area contributed by atoms with Crippen molar-refractivity contribution >= 4 is 40.9 Å². The van der Waals surface area contributed by atoms with E-state index < -0.39 is 0 Å². The Kier molecular flexibility index (Phi) is 8.67. The van der Waals surface area contributed by atoms with Crippen molar-refractivity contribution in [3.63, 3.8) is 0 Å². The van der Waals surface area contributed by atoms with Crippen molar-refractivity contribution in [1.82, 2.24) is 10.2 Å². The molecule has 1 N–H and O–H groups in total. The zero-order valence-electron chi connectivity index (χ0n) is 16.2. The average Bonchev–Trinajstić information content (AvgIpc) is 2.71. The smallest absolute Gasteiger partial charge is 0.224 e. The fourth-order valence-corrected chi connectivity index (χ4v) is 5.09. The van der Waals surface area contributed by atoms with Crippen molar-refractivity contribution < 1.29 is 9.18 Å². The number of hydrogen-bond acceptors (Lipinski definition) is 3. The van der Waals surface area contributed by atoms with E-state index in [-0.39, 0.29) is 17.6 Å². The topological polar surface area (TPSA) is 32.3 Å². The minimum absolute atomic E-state index is 0.00668. The molecule has 1 fully saturated rings. The summed E-state index contributed by atoms with van der Waals surface area (Å²) in [6, 6.07) is 12.1. The molecule has 3 rings (SSSR count). The molecule has 0 bridgehead atoms. The van der Waals surface area contributed by atoms with Gasteiger partial charge in [-0.25, -0.2) is 4.39 Å². The highest BCUT2D eigenvalue weighted by Gasteiger charge is 2.25. The van der Waals surface area contributed by atoms with Crippen LogP contribution in [-0.4, -0.2) is 36.2 Å². The van der Waals surface area contributed by atoms with Crippen LogP contribution in [-0.2, 0) is 17.1 Å². The van der Waals surface area contributed by atoms with Gasteiger partial charge in [0.15, 0.2) is 0 Å². The molecule has 1 saturated heterocycles. The lowest BCUT2D eigenvalue weighted by molar-refractivity contribution is -0.126. The predicted octanol–water partition coefficient (Wildman–Crippen LogP) is 5.39. The maximum absolute atomic E-state index is 13.1. The van der Waals surface area contributed by atoms with Gasteiger partial charge < -0.3 is 5.32 Å². The quantitative estimate of drug-likeness (QED) is 0.542. The third-order valence-electron chi connectivity index (χ3n) is 5.05. The predicted molar refractivity (Wildman–Crippen MR) is 120 cm³/mol. The number of thioether (sulfide) groups is 1. The highest BCUT2D eigenvalue weighted by Crippen LogP contribution is 2.28. The second kappa shape index (κ2) is 11.2. The van der Waals surface area contributed by atoms with Gasteiger partial charge in [-0.2, -0.15) is 11.8 Å². The summed E-state index contributed by atoms with van der Waals surface area (Å²) in [6.07, 6.45) is 1.91. The van der Waals surface area contributed by atoms with E-state index in [1.807, 2.05) is 30.3 Å². The summed E-state index contributed by atoms with van der Waals surface area (Å²) in [5.41, 5.74) is 2.01. The minimum atomic E-state index is -0.223. The van der Waals surface area contributed by atoms with E-state index >= 15 is 0 Å². The number of likely N-dealkylation sites (tertiary alicyclic amines) is 1. The van der Waals surface area contributed by atoms with E-state index in [2.05, 4.69) is 10.2 Å². The van der Waals surface area contributed by atoms with Gasteiger partial charge in [-0.05, 0) is 54.8 Å². The monoisotopic (exact) mass is 454 g/mol. The van der Waals surface area contributed by atoms with Crippen molar-refractivity contribution in [1.29, 1.82) is 0 Å². The van der Waals surface area contributed by atoms with Crippen molar-refractivity contribution in [2.45, 2.75) is 25.1 Å². The first-order valence-electron chi connectivity index (χ1n) is 9.78. The van der Waals surface area contributed by atoms with Crippen molar-refractivity contribution in [2.75, 3.05) is 25.4 Å². The average molecular weight is 455 g/mol. The van der Waals surface area contributed by atoms with Gasteiger partial charge in [-0.3, -0.25) is 9.69 Å². The number of benzene rings is 2. The lowest BCUT2D eigenvalue weighted by atomic mass is 9.96. The van der Waals surface area contributed by atoms with Crippen molar-refractivity contribution in [2.24, 2.45) is 5.92 Å². The first-order valence-corrected chi connectivity index (χ1v) is 11.7. The molecule has 7 heteroatoms. The molecule has 0 saturated carbocycles. The second-order valence-electron chi connectivity index (χ2n) is 7.24. The van der Waals surface area contributed by atoms with Crippen LogP contribution in [0.1, 0.15) is 24.0 Å². The van der Waals surface area contributed by atoms with Crippen LogP contribution in [0.25, 0.3) is 0 Å². The molecule has 1 heterocycles. The number of rotatable bonds is 8. The third-order valence-corrected chi connectivity index (χ3v) is 6.74. The Morgan fingerprint density at radius 3 is 2.62 bits per heavy atom. The Labute approximate surface area is 185 Å². The summed E-state index contributed by atoms with van der Waals surface area (Å²) in [5, 5.41) is 4.41. The van der Waals surface area contributed by atoms with Gasteiger partial charge in [-0.1, -0.05) is 41.4 Å². The zero-order chi connectivity index (χ0) is 20.6. The Balaban J connectivity index is 1.38. The number of nitrogens with zero attached hydrogens (tertiary/aromatic N) is 1. The van der Waals surface area contributed by atoms with Crippen LogP contribution in [0.2, 0.25) is 10.0 Å². The summed E-state index contributed by atoms with van der Waals surface area (Å²) in [4.78, 5) is 14.8. The van der Waals surface area contributed by atoms with Gasteiger partial charge in [0.2, 0.25) is 5.91 Å². The van der Waals surface area contributed by atoms with Gasteiger partial charge in [0.25, 0.3) is 0 Å². The first kappa shape index (κ1) is 22.4. The van der Waals surface area contributed by atoms with E-state index in [0.29, 0.717) is 16.6 Å². The van der Waals surface area contributed by atoms with E-state index in [9.17, 15) is 9.18 Å². The van der Waals surface area contributed by atoms with Crippen LogP contribution in [0.15, 0.2) is 42.5 Å². The van der Waals surface area contributed by atoms with Crippen LogP contribution in [0, 0.1) is 11.7 Å². The largest absolute Gasteiger partial charge is 0.355 e. The Morgan fingerprint density at radius 2 is 1.90 bits per heavy atom. The Hall–Kier alpha value is -1.27. The molecule has 1 amide bonds. The third kappa shape index (κ3) is 6.88. The molecule has 3 nitrogen and oxygen atoms in total. The van der Waals surface area contributed by atoms with Crippen molar-refractivity contribution in [3.05, 3.63) is 69.5 Å². The number of carbonyl (C=O) groups excluding carboxylic acids is 1. The molecule has 1 aliphatic heterocycles. The second-order valence-corrected chi connectivity index (χ2v) is 9.16. The molecule has 0 aromatic heterocycles. The summed E-state index contributed by atoms with van der Waals surface area (Å²) >= 11 is 14.1. The molecule has 0 aliphatic carbocycles. The zero-order valence-corrected chi connectivity index (χ0v) is 18.5. The molecule has 0 spiro atoms. The molecule has 0 radical (unpaired) electrons. The molecule has 1 aliphatic rings. The Bertz CT molecular complexity index is 799. The summed E-state index contributed by atoms with van der Waals surface area (Å²) in [7, 11) is 0. The molecule has 156 valence electrons. The van der Waals surface area contributed by atoms with Gasteiger partial charge in [-0.15, -0.1) is 0 Å². The summed E-state index contributed by atoms with van der Waals surface area (Å²) in [5.74, 6) is 1.43. The molecule has 2 aromatic carbocycles. The van der Waals surface area contributed by atoms with Crippen LogP contribution in [0.3, 0.4) is 0 Å². The van der Waals surface area contributed by atoms with Gasteiger partial charge in [0.05, 0.1) is 5.92 Å². The van der Waals surface area contributed by atoms with Gasteiger partial charge in [0, 0.05) is 41.2 Å². The normalized spacial score (nSPS) is 17.3. The minimum Gasteiger partial charge on any atom is -0.355 e. The molecular formula is C22H25Cl2FN2OS. The fourth-order valence-electron chi connectivity index (χ4n) is 3.50. The lowest BCUT2D eigenvalue weighted by Gasteiger charge is -2.32. The van der Waals surface area contributed by atoms with Crippen LogP contribution in [0.5, 0.6) is 0 Å². The number of piperidine rings is 1. The maximum Gasteiger partial charge on any atom is 0.224 e. The highest BCUT2D eigenvalue weighted by molar-refractivity contribution is 7.98. The number of halogens is 3. The van der Waals surface area contributed by atoms with Gasteiger partial charge in [0.1, 0.15) is 5.82 Å². The fraction of sp³-hybridized carbons (Fsp3) is 0.409. The number of amides is 1. The van der Waals surface area contributed by atoms with Crippen LogP contribution < -0.4 is 5.32 Å². The van der Waals surface area contributed by atoms with Crippen molar-refractivity contribution in [3.8, 4) is 0 Å². The van der Waals surface area contributed by atoms with E-state index in [0.717, 1.165) is 55.1 Å². The summed E-state index contributed by atoms with van der Waals surface area (Å²) in [6.45, 7) is 3.08. The van der Waals surface area contributed by atoms with Gasteiger partial charge >= 0.3 is 0 Å².